The summed E-state index contributed by atoms with van der Waals surface area (Å²) in [7, 11) is 0. The molecule has 1 amide bonds. The molecule has 2 aromatic carbocycles. The molecule has 0 saturated heterocycles. The fourth-order valence-corrected chi connectivity index (χ4v) is 2.51. The molecule has 0 unspecified atom stereocenters. The topological polar surface area (TPSA) is 62.1 Å². The maximum Gasteiger partial charge on any atom is 0.234 e. The molecule has 2 aromatic rings. The Kier molecular flexibility index (Phi) is 5.87. The fourth-order valence-electron chi connectivity index (χ4n) is 1.81. The minimum atomic E-state index is -0.103. The van der Waals surface area contributed by atoms with Crippen LogP contribution in [0.1, 0.15) is 12.5 Å². The van der Waals surface area contributed by atoms with Gasteiger partial charge in [0.25, 0.3) is 0 Å². The zero-order valence-corrected chi connectivity index (χ0v) is 13.0. The van der Waals surface area contributed by atoms with E-state index in [0.717, 1.165) is 10.6 Å². The van der Waals surface area contributed by atoms with Crippen LogP contribution in [-0.4, -0.2) is 18.3 Å². The van der Waals surface area contributed by atoms with Gasteiger partial charge in [0.2, 0.25) is 5.91 Å². The number of rotatable bonds is 6. The minimum absolute atomic E-state index is 0.103. The summed E-state index contributed by atoms with van der Waals surface area (Å²) in [6.45, 7) is 2.57. The SMILES string of the molecule is CCOc1ccc(SCC(=O)Nc2cccc(C#N)c2)cc1. The van der Waals surface area contributed by atoms with Crippen LogP contribution in [0.2, 0.25) is 0 Å². The first-order valence-electron chi connectivity index (χ1n) is 6.87. The van der Waals surface area contributed by atoms with Gasteiger partial charge in [0.05, 0.1) is 24.0 Å². The third-order valence-electron chi connectivity index (χ3n) is 2.78. The first kappa shape index (κ1) is 15.9. The van der Waals surface area contributed by atoms with Crippen LogP contribution in [0.5, 0.6) is 5.75 Å². The van der Waals surface area contributed by atoms with Crippen LogP contribution in [0.25, 0.3) is 0 Å². The largest absolute Gasteiger partial charge is 0.494 e. The van der Waals surface area contributed by atoms with Crippen LogP contribution in [0, 0.1) is 11.3 Å². The van der Waals surface area contributed by atoms with Crippen LogP contribution in [0.4, 0.5) is 5.69 Å². The van der Waals surface area contributed by atoms with Gasteiger partial charge in [0.1, 0.15) is 5.75 Å². The third kappa shape index (κ3) is 4.83. The number of hydrogen-bond donors (Lipinski definition) is 1. The van der Waals surface area contributed by atoms with Gasteiger partial charge in [-0.3, -0.25) is 4.79 Å². The smallest absolute Gasteiger partial charge is 0.234 e. The summed E-state index contributed by atoms with van der Waals surface area (Å²) in [6.07, 6.45) is 0. The molecule has 22 heavy (non-hydrogen) atoms. The van der Waals surface area contributed by atoms with Crippen molar-refractivity contribution in [3.8, 4) is 11.8 Å². The van der Waals surface area contributed by atoms with Crippen molar-refractivity contribution < 1.29 is 9.53 Å². The van der Waals surface area contributed by atoms with Crippen LogP contribution in [0.15, 0.2) is 53.4 Å². The van der Waals surface area contributed by atoms with Gasteiger partial charge in [-0.05, 0) is 49.4 Å². The lowest BCUT2D eigenvalue weighted by atomic mass is 10.2. The lowest BCUT2D eigenvalue weighted by Gasteiger charge is -2.06. The average Bonchev–Trinajstić information content (AvgIpc) is 2.55. The predicted molar refractivity (Wildman–Crippen MR) is 88.1 cm³/mol. The number of hydrogen-bond acceptors (Lipinski definition) is 4. The molecule has 0 saturated carbocycles. The van der Waals surface area contributed by atoms with Gasteiger partial charge in [-0.1, -0.05) is 6.07 Å². The van der Waals surface area contributed by atoms with Crippen molar-refractivity contribution in [3.05, 3.63) is 54.1 Å². The van der Waals surface area contributed by atoms with Gasteiger partial charge in [-0.15, -0.1) is 11.8 Å². The quantitative estimate of drug-likeness (QED) is 0.826. The second-order valence-corrected chi connectivity index (χ2v) is 5.48. The maximum absolute atomic E-state index is 11.9. The van der Waals surface area contributed by atoms with E-state index in [2.05, 4.69) is 5.32 Å². The van der Waals surface area contributed by atoms with E-state index in [1.165, 1.54) is 11.8 Å². The summed E-state index contributed by atoms with van der Waals surface area (Å²) in [4.78, 5) is 12.9. The van der Waals surface area contributed by atoms with Crippen molar-refractivity contribution in [1.29, 1.82) is 5.26 Å². The van der Waals surface area contributed by atoms with E-state index in [0.29, 0.717) is 23.6 Å². The van der Waals surface area contributed by atoms with Crippen LogP contribution < -0.4 is 10.1 Å². The van der Waals surface area contributed by atoms with Crippen molar-refractivity contribution in [2.45, 2.75) is 11.8 Å². The standard InChI is InChI=1S/C17H16N2O2S/c1-2-21-15-6-8-16(9-7-15)22-12-17(20)19-14-5-3-4-13(10-14)11-18/h3-10H,2,12H2,1H3,(H,19,20). The average molecular weight is 312 g/mol. The molecule has 5 heteroatoms. The van der Waals surface area contributed by atoms with Gasteiger partial charge in [-0.2, -0.15) is 5.26 Å². The Labute approximate surface area is 134 Å². The number of nitrogens with one attached hydrogen (secondary N) is 1. The molecule has 0 bridgehead atoms. The summed E-state index contributed by atoms with van der Waals surface area (Å²) in [6, 6.07) is 16.5. The second kappa shape index (κ2) is 8.11. The molecular formula is C17H16N2O2S. The first-order chi connectivity index (χ1) is 10.7. The Hall–Kier alpha value is -2.45. The molecule has 0 aromatic heterocycles. The van der Waals surface area contributed by atoms with E-state index in [1.807, 2.05) is 37.3 Å². The summed E-state index contributed by atoms with van der Waals surface area (Å²) in [5, 5.41) is 11.6. The molecule has 4 nitrogen and oxygen atoms in total. The number of nitriles is 1. The van der Waals surface area contributed by atoms with Crippen molar-refractivity contribution in [3.63, 3.8) is 0 Å². The molecule has 2 rings (SSSR count). The molecule has 0 atom stereocenters. The fraction of sp³-hybridized carbons (Fsp3) is 0.176. The summed E-state index contributed by atoms with van der Waals surface area (Å²) in [5.41, 5.74) is 1.16. The Morgan fingerprint density at radius 3 is 2.73 bits per heavy atom. The number of anilines is 1. The molecular weight excluding hydrogens is 296 g/mol. The van der Waals surface area contributed by atoms with Crippen molar-refractivity contribution in [2.24, 2.45) is 0 Å². The maximum atomic E-state index is 11.9. The molecule has 0 fully saturated rings. The Balaban J connectivity index is 1.85. The van der Waals surface area contributed by atoms with Gasteiger partial charge in [0, 0.05) is 10.6 Å². The van der Waals surface area contributed by atoms with E-state index in [-0.39, 0.29) is 5.91 Å². The number of carbonyl (C=O) groups excluding carboxylic acids is 1. The number of thioether (sulfide) groups is 1. The Bertz CT molecular complexity index is 678. The van der Waals surface area contributed by atoms with E-state index in [4.69, 9.17) is 10.00 Å². The third-order valence-corrected chi connectivity index (χ3v) is 3.79. The molecule has 0 aliphatic carbocycles. The number of nitrogens with zero attached hydrogens (tertiary/aromatic N) is 1. The van der Waals surface area contributed by atoms with Crippen LogP contribution >= 0.6 is 11.8 Å². The molecule has 0 aliphatic heterocycles. The lowest BCUT2D eigenvalue weighted by Crippen LogP contribution is -2.13. The van der Waals surface area contributed by atoms with Gasteiger partial charge < -0.3 is 10.1 Å². The zero-order chi connectivity index (χ0) is 15.8. The first-order valence-corrected chi connectivity index (χ1v) is 7.85. The highest BCUT2D eigenvalue weighted by Crippen LogP contribution is 2.21. The van der Waals surface area contributed by atoms with Gasteiger partial charge >= 0.3 is 0 Å². The van der Waals surface area contributed by atoms with E-state index in [1.54, 1.807) is 24.3 Å². The molecule has 0 radical (unpaired) electrons. The highest BCUT2D eigenvalue weighted by atomic mass is 32.2. The second-order valence-electron chi connectivity index (χ2n) is 4.43. The minimum Gasteiger partial charge on any atom is -0.494 e. The van der Waals surface area contributed by atoms with Crippen molar-refractivity contribution >= 4 is 23.4 Å². The van der Waals surface area contributed by atoms with E-state index < -0.39 is 0 Å². The molecule has 0 aliphatic rings. The monoisotopic (exact) mass is 312 g/mol. The van der Waals surface area contributed by atoms with E-state index >= 15 is 0 Å². The lowest BCUT2D eigenvalue weighted by molar-refractivity contribution is -0.113. The number of benzene rings is 2. The molecule has 112 valence electrons. The molecule has 1 N–H and O–H groups in total. The zero-order valence-electron chi connectivity index (χ0n) is 12.2. The Morgan fingerprint density at radius 1 is 1.27 bits per heavy atom. The number of carbonyl (C=O) groups is 1. The van der Waals surface area contributed by atoms with Crippen molar-refractivity contribution in [1.82, 2.24) is 0 Å². The number of ether oxygens (including phenoxy) is 1. The Morgan fingerprint density at radius 2 is 2.05 bits per heavy atom. The summed E-state index contributed by atoms with van der Waals surface area (Å²) in [5.74, 6) is 1.03. The van der Waals surface area contributed by atoms with Crippen LogP contribution in [0.3, 0.4) is 0 Å². The van der Waals surface area contributed by atoms with Crippen LogP contribution in [-0.2, 0) is 4.79 Å². The highest BCUT2D eigenvalue weighted by Gasteiger charge is 2.04. The van der Waals surface area contributed by atoms with Crippen molar-refractivity contribution in [2.75, 3.05) is 17.7 Å². The number of amides is 1. The van der Waals surface area contributed by atoms with Gasteiger partial charge in [0.15, 0.2) is 0 Å². The molecule has 0 spiro atoms. The summed E-state index contributed by atoms with van der Waals surface area (Å²) < 4.78 is 5.37. The van der Waals surface area contributed by atoms with Gasteiger partial charge in [-0.25, -0.2) is 0 Å². The normalized spacial score (nSPS) is 9.82. The highest BCUT2D eigenvalue weighted by molar-refractivity contribution is 8.00. The predicted octanol–water partition coefficient (Wildman–Crippen LogP) is 3.69. The van der Waals surface area contributed by atoms with E-state index in [9.17, 15) is 4.79 Å². The molecule has 0 heterocycles. The summed E-state index contributed by atoms with van der Waals surface area (Å²) >= 11 is 1.45.